The van der Waals surface area contributed by atoms with Crippen molar-refractivity contribution in [2.75, 3.05) is 10.6 Å². The van der Waals surface area contributed by atoms with E-state index in [0.717, 1.165) is 11.4 Å². The molecule has 196 valence electrons. The lowest BCUT2D eigenvalue weighted by atomic mass is 9.60. The predicted molar refractivity (Wildman–Crippen MR) is 150 cm³/mol. The molecule has 5 heterocycles. The largest absolute Gasteiger partial charge is 0.364 e. The summed E-state index contributed by atoms with van der Waals surface area (Å²) in [6, 6.07) is 15.5. The number of carbonyl (C=O) groups excluding carboxylic acids is 2. The minimum Gasteiger partial charge on any atom is -0.364 e. The highest BCUT2D eigenvalue weighted by Gasteiger charge is 2.73. The molecule has 0 saturated carbocycles. The van der Waals surface area contributed by atoms with Gasteiger partial charge in [0.25, 0.3) is 0 Å². The summed E-state index contributed by atoms with van der Waals surface area (Å²) < 4.78 is 0. The minimum atomic E-state index is -0.531. The van der Waals surface area contributed by atoms with Crippen LogP contribution in [0, 0.1) is 10.8 Å². The Labute approximate surface area is 224 Å². The zero-order valence-corrected chi connectivity index (χ0v) is 22.6. The van der Waals surface area contributed by atoms with Crippen molar-refractivity contribution in [3.05, 3.63) is 85.0 Å². The maximum absolute atomic E-state index is 14.6. The van der Waals surface area contributed by atoms with Crippen LogP contribution in [-0.4, -0.2) is 46.0 Å². The molecule has 6 heteroatoms. The van der Waals surface area contributed by atoms with E-state index in [9.17, 15) is 9.59 Å². The van der Waals surface area contributed by atoms with Crippen molar-refractivity contribution in [1.82, 2.24) is 9.80 Å². The molecule has 6 nitrogen and oxygen atoms in total. The van der Waals surface area contributed by atoms with Crippen molar-refractivity contribution >= 4 is 23.2 Å². The topological polar surface area (TPSA) is 64.7 Å². The first-order chi connectivity index (χ1) is 18.1. The Morgan fingerprint density at radius 1 is 0.737 bits per heavy atom. The quantitative estimate of drug-likeness (QED) is 0.570. The van der Waals surface area contributed by atoms with Crippen LogP contribution < -0.4 is 10.6 Å². The molecule has 5 aliphatic rings. The molecule has 2 aromatic carbocycles. The van der Waals surface area contributed by atoms with E-state index in [1.54, 1.807) is 0 Å². The average Bonchev–Trinajstić information content (AvgIpc) is 3.62. The number of carbonyl (C=O) groups is 2. The zero-order chi connectivity index (χ0) is 26.8. The van der Waals surface area contributed by atoms with E-state index in [4.69, 9.17) is 0 Å². The first kappa shape index (κ1) is 23.6. The summed E-state index contributed by atoms with van der Waals surface area (Å²) in [5.41, 5.74) is 2.80. The molecule has 5 aliphatic heterocycles. The number of benzene rings is 2. The van der Waals surface area contributed by atoms with Crippen LogP contribution in [0.25, 0.3) is 0 Å². The Kier molecular flexibility index (Phi) is 4.40. The highest BCUT2D eigenvalue weighted by Crippen LogP contribution is 2.64. The number of para-hydroxylation sites is 2. The van der Waals surface area contributed by atoms with Gasteiger partial charge >= 0.3 is 0 Å². The van der Waals surface area contributed by atoms with Crippen molar-refractivity contribution in [1.29, 1.82) is 0 Å². The Bertz CT molecular complexity index is 1320. The summed E-state index contributed by atoms with van der Waals surface area (Å²) in [7, 11) is 0. The predicted octanol–water partition coefficient (Wildman–Crippen LogP) is 5.01. The Morgan fingerprint density at radius 3 is 1.47 bits per heavy atom. The molecule has 38 heavy (non-hydrogen) atoms. The second kappa shape index (κ2) is 7.10. The lowest BCUT2D eigenvalue weighted by molar-refractivity contribution is -0.160. The molecule has 6 atom stereocenters. The fraction of sp³-hybridized carbons (Fsp3) is 0.438. The van der Waals surface area contributed by atoms with Gasteiger partial charge in [-0.1, -0.05) is 76.2 Å². The molecule has 0 aromatic heterocycles. The molecular formula is C32H36N4O2. The van der Waals surface area contributed by atoms with E-state index in [1.807, 2.05) is 46.2 Å². The summed E-state index contributed by atoms with van der Waals surface area (Å²) in [4.78, 5) is 33.0. The maximum Gasteiger partial charge on any atom is 0.247 e. The number of piperazine rings is 1. The number of allylic oxidation sites excluding steroid dienone is 2. The highest BCUT2D eigenvalue weighted by molar-refractivity contribution is 6.00. The summed E-state index contributed by atoms with van der Waals surface area (Å²) in [6.45, 7) is 17.1. The molecule has 0 aliphatic carbocycles. The van der Waals surface area contributed by atoms with E-state index < -0.39 is 22.9 Å². The third-order valence-corrected chi connectivity index (χ3v) is 11.0. The fourth-order valence-electron chi connectivity index (χ4n) is 8.66. The summed E-state index contributed by atoms with van der Waals surface area (Å²) in [5, 5.41) is 7.36. The van der Waals surface area contributed by atoms with Crippen molar-refractivity contribution in [3.63, 3.8) is 0 Å². The third kappa shape index (κ3) is 2.37. The molecule has 3 saturated heterocycles. The molecule has 2 N–H and O–H groups in total. The van der Waals surface area contributed by atoms with Gasteiger partial charge in [0.1, 0.15) is 24.4 Å². The van der Waals surface area contributed by atoms with Gasteiger partial charge in [-0.05, 0) is 46.9 Å². The number of amides is 2. The second-order valence-electron chi connectivity index (χ2n) is 12.9. The second-order valence-corrected chi connectivity index (χ2v) is 12.9. The fourth-order valence-corrected chi connectivity index (χ4v) is 8.66. The molecule has 3 fully saturated rings. The standard InChI is InChI=1S/C32H36N4O2/c1-7-29(3,4)31-17-23-25(37)36-24(26(38)35(23)27(31)33-21-15-11-9-13-19(21)31)18-32(30(5,6)8-2)20-14-10-12-16-22(20)34-28(32)36/h7-16,23-24,27-28,33-34H,1-2,17-18H2,3-6H3/t23-,24-,27-,28+,31+,32+/m1/s1. The van der Waals surface area contributed by atoms with Gasteiger partial charge < -0.3 is 20.4 Å². The van der Waals surface area contributed by atoms with Gasteiger partial charge in [-0.25, -0.2) is 0 Å². The number of rotatable bonds is 4. The van der Waals surface area contributed by atoms with Crippen LogP contribution >= 0.6 is 0 Å². The van der Waals surface area contributed by atoms with Gasteiger partial charge in [-0.2, -0.15) is 0 Å². The lowest BCUT2D eigenvalue weighted by Gasteiger charge is -2.45. The number of anilines is 2. The van der Waals surface area contributed by atoms with Crippen LogP contribution in [-0.2, 0) is 20.4 Å². The Hall–Kier alpha value is -3.54. The first-order valence-electron chi connectivity index (χ1n) is 13.7. The normalized spacial score (nSPS) is 34.4. The SMILES string of the molecule is C=CC(C)(C)[C@]12C[C@@H]3C(=O)N4[C@H](C[C@]5(C(C)(C)C=C)c6ccccc6N[C@@H]45)C(=O)N3[C@H]1Nc1ccccc12. The minimum absolute atomic E-state index is 0.0366. The Balaban J connectivity index is 1.38. The van der Waals surface area contributed by atoms with Crippen molar-refractivity contribution < 1.29 is 9.59 Å². The van der Waals surface area contributed by atoms with Crippen LogP contribution in [0.1, 0.15) is 51.7 Å². The number of fused-ring (bicyclic) bond motifs is 10. The summed E-state index contributed by atoms with van der Waals surface area (Å²) >= 11 is 0. The van der Waals surface area contributed by atoms with E-state index >= 15 is 0 Å². The van der Waals surface area contributed by atoms with Gasteiger partial charge in [0.2, 0.25) is 11.8 Å². The number of nitrogens with one attached hydrogen (secondary N) is 2. The maximum atomic E-state index is 14.6. The van der Waals surface area contributed by atoms with E-state index in [-0.39, 0.29) is 35.0 Å². The van der Waals surface area contributed by atoms with Crippen LogP contribution in [0.3, 0.4) is 0 Å². The summed E-state index contributed by atoms with van der Waals surface area (Å²) in [6.07, 6.45) is 4.50. The zero-order valence-electron chi connectivity index (χ0n) is 22.6. The van der Waals surface area contributed by atoms with Gasteiger partial charge in [-0.15, -0.1) is 13.2 Å². The molecule has 0 spiro atoms. The van der Waals surface area contributed by atoms with Crippen LogP contribution in [0.15, 0.2) is 73.8 Å². The van der Waals surface area contributed by atoms with Gasteiger partial charge in [0, 0.05) is 22.2 Å². The monoisotopic (exact) mass is 508 g/mol. The number of nitrogens with zero attached hydrogens (tertiary/aromatic N) is 2. The lowest BCUT2D eigenvalue weighted by Crippen LogP contribution is -2.66. The molecule has 0 radical (unpaired) electrons. The molecule has 2 aromatic rings. The number of hydrogen-bond donors (Lipinski definition) is 2. The summed E-state index contributed by atoms with van der Waals surface area (Å²) in [5.74, 6) is 0.0733. The molecule has 7 rings (SSSR count). The van der Waals surface area contributed by atoms with Crippen molar-refractivity contribution in [3.8, 4) is 0 Å². The van der Waals surface area contributed by atoms with Crippen molar-refractivity contribution in [2.45, 2.75) is 75.8 Å². The smallest absolute Gasteiger partial charge is 0.247 e. The molecule has 0 bridgehead atoms. The van der Waals surface area contributed by atoms with Crippen molar-refractivity contribution in [2.24, 2.45) is 10.8 Å². The third-order valence-electron chi connectivity index (χ3n) is 11.0. The molecular weight excluding hydrogens is 472 g/mol. The number of hydrogen-bond acceptors (Lipinski definition) is 4. The first-order valence-corrected chi connectivity index (χ1v) is 13.7. The van der Waals surface area contributed by atoms with Gasteiger partial charge in [0.15, 0.2) is 0 Å². The van der Waals surface area contributed by atoms with E-state index in [2.05, 4.69) is 75.8 Å². The average molecular weight is 509 g/mol. The van der Waals surface area contributed by atoms with Crippen LogP contribution in [0.2, 0.25) is 0 Å². The van der Waals surface area contributed by atoms with E-state index in [0.29, 0.717) is 12.8 Å². The highest BCUT2D eigenvalue weighted by atomic mass is 16.2. The van der Waals surface area contributed by atoms with Crippen LogP contribution in [0.5, 0.6) is 0 Å². The molecule has 2 amide bonds. The molecule has 0 unspecified atom stereocenters. The van der Waals surface area contributed by atoms with Gasteiger partial charge in [0.05, 0.1) is 0 Å². The van der Waals surface area contributed by atoms with E-state index in [1.165, 1.54) is 11.1 Å². The Morgan fingerprint density at radius 2 is 1.11 bits per heavy atom. The van der Waals surface area contributed by atoms with Gasteiger partial charge in [-0.3, -0.25) is 9.59 Å². The van der Waals surface area contributed by atoms with Crippen LogP contribution in [0.4, 0.5) is 11.4 Å².